The summed E-state index contributed by atoms with van der Waals surface area (Å²) in [6.45, 7) is 0.598. The summed E-state index contributed by atoms with van der Waals surface area (Å²) >= 11 is 8.51. The second-order valence-electron chi connectivity index (χ2n) is 5.66. The van der Waals surface area contributed by atoms with E-state index in [-0.39, 0.29) is 5.69 Å². The number of furan rings is 1. The molecule has 0 unspecified atom stereocenters. The van der Waals surface area contributed by atoms with E-state index in [2.05, 4.69) is 31.8 Å². The SMILES string of the molecule is O=[N+]([O-])c1ccc(-c2ccc(/C=N/NC(=S)NCc3ccccc3)o2)c(Br)c1. The number of nitro groups is 1. The van der Waals surface area contributed by atoms with Gasteiger partial charge in [-0.3, -0.25) is 15.5 Å². The standard InChI is InChI=1S/C19H15BrN4O3S/c20-17-10-14(24(25)26)6-8-16(17)18-9-7-15(27-18)12-22-23-19(28)21-11-13-4-2-1-3-5-13/h1-10,12H,11H2,(H2,21,23,28)/b22-12+. The largest absolute Gasteiger partial charge is 0.455 e. The average molecular weight is 459 g/mol. The van der Waals surface area contributed by atoms with Crippen molar-refractivity contribution in [3.05, 3.63) is 86.6 Å². The van der Waals surface area contributed by atoms with Gasteiger partial charge in [-0.05, 0) is 51.9 Å². The molecule has 3 rings (SSSR count). The van der Waals surface area contributed by atoms with E-state index in [9.17, 15) is 10.1 Å². The highest BCUT2D eigenvalue weighted by atomic mass is 79.9. The maximum absolute atomic E-state index is 10.8. The molecule has 0 radical (unpaired) electrons. The van der Waals surface area contributed by atoms with Crippen molar-refractivity contribution in [1.29, 1.82) is 0 Å². The Kier molecular flexibility index (Phi) is 6.51. The van der Waals surface area contributed by atoms with Gasteiger partial charge in [-0.2, -0.15) is 5.10 Å². The van der Waals surface area contributed by atoms with Crippen LogP contribution >= 0.6 is 28.1 Å². The Labute approximate surface area is 174 Å². The third-order valence-corrected chi connectivity index (χ3v) is 4.60. The lowest BCUT2D eigenvalue weighted by atomic mass is 10.1. The summed E-state index contributed by atoms with van der Waals surface area (Å²) in [5, 5.41) is 18.3. The normalized spacial score (nSPS) is 10.8. The van der Waals surface area contributed by atoms with E-state index < -0.39 is 4.92 Å². The molecule has 9 heteroatoms. The van der Waals surface area contributed by atoms with Crippen molar-refractivity contribution in [2.24, 2.45) is 5.10 Å². The highest BCUT2D eigenvalue weighted by Crippen LogP contribution is 2.32. The molecule has 0 aliphatic heterocycles. The van der Waals surface area contributed by atoms with E-state index in [4.69, 9.17) is 16.6 Å². The van der Waals surface area contributed by atoms with Gasteiger partial charge in [-0.15, -0.1) is 0 Å². The molecule has 28 heavy (non-hydrogen) atoms. The lowest BCUT2D eigenvalue weighted by Crippen LogP contribution is -2.31. The second kappa shape index (κ2) is 9.25. The molecule has 0 aliphatic rings. The van der Waals surface area contributed by atoms with Gasteiger partial charge >= 0.3 is 0 Å². The zero-order chi connectivity index (χ0) is 19.9. The maximum atomic E-state index is 10.8. The van der Waals surface area contributed by atoms with Crippen LogP contribution in [0.25, 0.3) is 11.3 Å². The molecule has 0 saturated heterocycles. The highest BCUT2D eigenvalue weighted by Gasteiger charge is 2.12. The summed E-state index contributed by atoms with van der Waals surface area (Å²) in [6, 6.07) is 17.9. The third-order valence-electron chi connectivity index (χ3n) is 3.71. The molecule has 7 nitrogen and oxygen atoms in total. The number of hydrogen-bond donors (Lipinski definition) is 2. The van der Waals surface area contributed by atoms with E-state index >= 15 is 0 Å². The molecule has 2 aromatic carbocycles. The number of benzene rings is 2. The van der Waals surface area contributed by atoms with Gasteiger partial charge in [0.2, 0.25) is 0 Å². The molecule has 142 valence electrons. The highest BCUT2D eigenvalue weighted by molar-refractivity contribution is 9.10. The number of nitrogens with one attached hydrogen (secondary N) is 2. The van der Waals surface area contributed by atoms with E-state index in [1.807, 2.05) is 30.3 Å². The number of nitrogens with zero attached hydrogens (tertiary/aromatic N) is 2. The van der Waals surface area contributed by atoms with Crippen molar-refractivity contribution in [3.63, 3.8) is 0 Å². The molecule has 0 atom stereocenters. The predicted molar refractivity (Wildman–Crippen MR) is 115 cm³/mol. The van der Waals surface area contributed by atoms with Gasteiger partial charge in [0.25, 0.3) is 5.69 Å². The zero-order valence-electron chi connectivity index (χ0n) is 14.5. The van der Waals surface area contributed by atoms with Crippen LogP contribution in [-0.2, 0) is 6.54 Å². The summed E-state index contributed by atoms with van der Waals surface area (Å²) in [7, 11) is 0. The fraction of sp³-hybridized carbons (Fsp3) is 0.0526. The molecule has 0 bridgehead atoms. The van der Waals surface area contributed by atoms with Crippen molar-refractivity contribution in [1.82, 2.24) is 10.7 Å². The van der Waals surface area contributed by atoms with Crippen molar-refractivity contribution in [3.8, 4) is 11.3 Å². The number of non-ortho nitro benzene ring substituents is 1. The molecule has 0 amide bonds. The number of nitro benzene ring substituents is 1. The topological polar surface area (TPSA) is 92.7 Å². The van der Waals surface area contributed by atoms with Crippen LogP contribution in [0.1, 0.15) is 11.3 Å². The molecule has 2 N–H and O–H groups in total. The van der Waals surface area contributed by atoms with Gasteiger partial charge in [0, 0.05) is 28.7 Å². The Morgan fingerprint density at radius 1 is 1.21 bits per heavy atom. The van der Waals surface area contributed by atoms with Crippen LogP contribution in [0.15, 0.2) is 74.7 Å². The zero-order valence-corrected chi connectivity index (χ0v) is 16.9. The van der Waals surface area contributed by atoms with Crippen molar-refractivity contribution in [2.45, 2.75) is 6.54 Å². The predicted octanol–water partition coefficient (Wildman–Crippen LogP) is 4.62. The molecular weight excluding hydrogens is 444 g/mol. The van der Waals surface area contributed by atoms with Crippen LogP contribution in [-0.4, -0.2) is 16.3 Å². The van der Waals surface area contributed by atoms with Crippen LogP contribution in [0.2, 0.25) is 0 Å². The van der Waals surface area contributed by atoms with Gasteiger partial charge in [-0.25, -0.2) is 0 Å². The average Bonchev–Trinajstić information content (AvgIpc) is 3.15. The molecule has 1 heterocycles. The first-order valence-corrected chi connectivity index (χ1v) is 9.38. The van der Waals surface area contributed by atoms with Crippen molar-refractivity contribution >= 4 is 45.2 Å². The lowest BCUT2D eigenvalue weighted by Gasteiger charge is -2.06. The summed E-state index contributed by atoms with van der Waals surface area (Å²) in [5.41, 5.74) is 4.55. The molecule has 1 aromatic heterocycles. The monoisotopic (exact) mass is 458 g/mol. The number of hydrazone groups is 1. The Morgan fingerprint density at radius 3 is 2.71 bits per heavy atom. The van der Waals surface area contributed by atoms with Gasteiger partial charge < -0.3 is 9.73 Å². The fourth-order valence-corrected chi connectivity index (χ4v) is 3.04. The van der Waals surface area contributed by atoms with Crippen LogP contribution in [0, 0.1) is 10.1 Å². The number of thiocarbonyl (C=S) groups is 1. The number of halogens is 1. The minimum Gasteiger partial charge on any atom is -0.455 e. The summed E-state index contributed by atoms with van der Waals surface area (Å²) in [4.78, 5) is 10.4. The van der Waals surface area contributed by atoms with Gasteiger partial charge in [-0.1, -0.05) is 30.3 Å². The Hall–Kier alpha value is -3.04. The summed E-state index contributed by atoms with van der Waals surface area (Å²) in [6.07, 6.45) is 1.50. The maximum Gasteiger partial charge on any atom is 0.270 e. The van der Waals surface area contributed by atoms with Gasteiger partial charge in [0.15, 0.2) is 5.11 Å². The molecule has 0 saturated carbocycles. The van der Waals surface area contributed by atoms with Crippen LogP contribution in [0.5, 0.6) is 0 Å². The molecular formula is C19H15BrN4O3S. The molecule has 0 aliphatic carbocycles. The Balaban J connectivity index is 1.57. The minimum atomic E-state index is -0.449. The Bertz CT molecular complexity index is 1020. The summed E-state index contributed by atoms with van der Waals surface area (Å²) in [5.74, 6) is 1.08. The molecule has 3 aromatic rings. The first-order valence-electron chi connectivity index (χ1n) is 8.18. The first-order chi connectivity index (χ1) is 13.5. The number of hydrogen-bond acceptors (Lipinski definition) is 5. The van der Waals surface area contributed by atoms with E-state index in [1.165, 1.54) is 18.3 Å². The second-order valence-corrected chi connectivity index (χ2v) is 6.92. The lowest BCUT2D eigenvalue weighted by molar-refractivity contribution is -0.384. The minimum absolute atomic E-state index is 0.00434. The van der Waals surface area contributed by atoms with Crippen LogP contribution in [0.3, 0.4) is 0 Å². The Morgan fingerprint density at radius 2 is 2.00 bits per heavy atom. The fourth-order valence-electron chi connectivity index (χ4n) is 2.36. The summed E-state index contributed by atoms with van der Waals surface area (Å²) < 4.78 is 6.28. The van der Waals surface area contributed by atoms with Gasteiger partial charge in [0.1, 0.15) is 11.5 Å². The van der Waals surface area contributed by atoms with Gasteiger partial charge in [0.05, 0.1) is 11.1 Å². The quantitative estimate of drug-likeness (QED) is 0.242. The molecule has 0 fully saturated rings. The van der Waals surface area contributed by atoms with Crippen LogP contribution in [0.4, 0.5) is 5.69 Å². The van der Waals surface area contributed by atoms with E-state index in [0.29, 0.717) is 33.2 Å². The molecule has 0 spiro atoms. The van der Waals surface area contributed by atoms with E-state index in [1.54, 1.807) is 18.2 Å². The van der Waals surface area contributed by atoms with Crippen molar-refractivity contribution < 1.29 is 9.34 Å². The van der Waals surface area contributed by atoms with E-state index in [0.717, 1.165) is 5.56 Å². The third kappa shape index (κ3) is 5.24. The smallest absolute Gasteiger partial charge is 0.270 e. The van der Waals surface area contributed by atoms with Crippen LogP contribution < -0.4 is 10.7 Å². The first kappa shape index (κ1) is 19.7. The van der Waals surface area contributed by atoms with Crippen molar-refractivity contribution in [2.75, 3.05) is 0 Å². The number of rotatable bonds is 6.